The standard InChI is InChI=1S/C18H33N5S/c1-5-16-12-21-17(24-16)8-9-20-18(19-4)22-11-15-7-6-10-23(13-15)14(2)3/h12,14-15H,5-11,13H2,1-4H3,(H2,19,20,22). The van der Waals surface area contributed by atoms with Crippen LogP contribution in [0, 0.1) is 5.92 Å². The predicted molar refractivity (Wildman–Crippen MR) is 104 cm³/mol. The number of thiazole rings is 1. The van der Waals surface area contributed by atoms with Crippen molar-refractivity contribution in [2.75, 3.05) is 33.2 Å². The van der Waals surface area contributed by atoms with Crippen LogP contribution in [0.2, 0.25) is 0 Å². The SMILES string of the molecule is CCc1cnc(CCNC(=NC)NCC2CCCN(C(C)C)C2)s1. The molecule has 0 aromatic carbocycles. The summed E-state index contributed by atoms with van der Waals surface area (Å²) < 4.78 is 0. The summed E-state index contributed by atoms with van der Waals surface area (Å²) >= 11 is 1.81. The molecule has 1 atom stereocenters. The number of rotatable bonds is 7. The highest BCUT2D eigenvalue weighted by Crippen LogP contribution is 2.17. The zero-order valence-electron chi connectivity index (χ0n) is 15.6. The van der Waals surface area contributed by atoms with Crippen molar-refractivity contribution < 1.29 is 0 Å². The van der Waals surface area contributed by atoms with Crippen molar-refractivity contribution >= 4 is 17.3 Å². The average molecular weight is 352 g/mol. The normalized spacial score (nSPS) is 19.7. The van der Waals surface area contributed by atoms with Gasteiger partial charge in [0.25, 0.3) is 0 Å². The Morgan fingerprint density at radius 1 is 1.46 bits per heavy atom. The fraction of sp³-hybridized carbons (Fsp3) is 0.778. The number of nitrogens with zero attached hydrogens (tertiary/aromatic N) is 3. The number of aromatic nitrogens is 1. The van der Waals surface area contributed by atoms with E-state index >= 15 is 0 Å². The first-order chi connectivity index (χ1) is 11.6. The number of guanidine groups is 1. The smallest absolute Gasteiger partial charge is 0.191 e. The van der Waals surface area contributed by atoms with Gasteiger partial charge >= 0.3 is 0 Å². The van der Waals surface area contributed by atoms with E-state index in [1.807, 2.05) is 24.6 Å². The van der Waals surface area contributed by atoms with Crippen LogP contribution in [-0.2, 0) is 12.8 Å². The lowest BCUT2D eigenvalue weighted by molar-refractivity contribution is 0.141. The van der Waals surface area contributed by atoms with Gasteiger partial charge in [-0.05, 0) is 45.6 Å². The van der Waals surface area contributed by atoms with Crippen LogP contribution in [-0.4, -0.2) is 55.1 Å². The van der Waals surface area contributed by atoms with E-state index in [2.05, 4.69) is 46.3 Å². The monoisotopic (exact) mass is 351 g/mol. The second-order valence-electron chi connectivity index (χ2n) is 6.80. The molecule has 0 aliphatic carbocycles. The van der Waals surface area contributed by atoms with E-state index < -0.39 is 0 Å². The van der Waals surface area contributed by atoms with Gasteiger partial charge in [0, 0.05) is 50.2 Å². The van der Waals surface area contributed by atoms with Crippen molar-refractivity contribution in [3.8, 4) is 0 Å². The predicted octanol–water partition coefficient (Wildman–Crippen LogP) is 2.53. The molecule has 0 bridgehead atoms. The fourth-order valence-electron chi connectivity index (χ4n) is 3.11. The maximum atomic E-state index is 4.47. The van der Waals surface area contributed by atoms with Crippen LogP contribution in [0.5, 0.6) is 0 Å². The summed E-state index contributed by atoms with van der Waals surface area (Å²) in [5.74, 6) is 1.62. The summed E-state index contributed by atoms with van der Waals surface area (Å²) in [4.78, 5) is 12.8. The van der Waals surface area contributed by atoms with Crippen LogP contribution in [0.1, 0.15) is 43.5 Å². The van der Waals surface area contributed by atoms with Gasteiger partial charge in [0.15, 0.2) is 5.96 Å². The van der Waals surface area contributed by atoms with E-state index in [0.717, 1.165) is 31.9 Å². The topological polar surface area (TPSA) is 52.6 Å². The molecule has 5 nitrogen and oxygen atoms in total. The first kappa shape index (κ1) is 19.2. The Balaban J connectivity index is 1.68. The lowest BCUT2D eigenvalue weighted by Crippen LogP contribution is -2.46. The molecule has 2 N–H and O–H groups in total. The van der Waals surface area contributed by atoms with Crippen molar-refractivity contribution in [3.63, 3.8) is 0 Å². The minimum Gasteiger partial charge on any atom is -0.356 e. The highest BCUT2D eigenvalue weighted by Gasteiger charge is 2.21. The molecule has 1 aliphatic rings. The third-order valence-corrected chi connectivity index (χ3v) is 5.85. The Labute approximate surface area is 151 Å². The van der Waals surface area contributed by atoms with Crippen LogP contribution in [0.3, 0.4) is 0 Å². The fourth-order valence-corrected chi connectivity index (χ4v) is 3.97. The molecule has 2 rings (SSSR count). The lowest BCUT2D eigenvalue weighted by Gasteiger charge is -2.35. The van der Waals surface area contributed by atoms with Crippen LogP contribution in [0.25, 0.3) is 0 Å². The molecule has 24 heavy (non-hydrogen) atoms. The van der Waals surface area contributed by atoms with Gasteiger partial charge in [-0.3, -0.25) is 4.99 Å². The number of aryl methyl sites for hydroxylation is 1. The number of aliphatic imine (C=N–C) groups is 1. The number of piperidine rings is 1. The Morgan fingerprint density at radius 2 is 2.29 bits per heavy atom. The summed E-state index contributed by atoms with van der Waals surface area (Å²) in [6, 6.07) is 0.650. The average Bonchev–Trinajstić information content (AvgIpc) is 3.06. The molecule has 1 aromatic heterocycles. The van der Waals surface area contributed by atoms with Gasteiger partial charge in [0.05, 0.1) is 5.01 Å². The number of nitrogens with one attached hydrogen (secondary N) is 2. The molecule has 1 saturated heterocycles. The Kier molecular flexibility index (Phi) is 7.99. The van der Waals surface area contributed by atoms with E-state index in [4.69, 9.17) is 0 Å². The zero-order chi connectivity index (χ0) is 17.4. The van der Waals surface area contributed by atoms with Crippen LogP contribution >= 0.6 is 11.3 Å². The largest absolute Gasteiger partial charge is 0.356 e. The molecule has 2 heterocycles. The molecule has 0 radical (unpaired) electrons. The molecular weight excluding hydrogens is 318 g/mol. The summed E-state index contributed by atoms with van der Waals surface area (Å²) in [6.07, 6.45) is 6.64. The third-order valence-electron chi connectivity index (χ3n) is 4.64. The van der Waals surface area contributed by atoms with E-state index in [0.29, 0.717) is 12.0 Å². The van der Waals surface area contributed by atoms with Gasteiger partial charge in [-0.2, -0.15) is 0 Å². The molecule has 0 amide bonds. The van der Waals surface area contributed by atoms with Gasteiger partial charge in [-0.1, -0.05) is 6.92 Å². The zero-order valence-corrected chi connectivity index (χ0v) is 16.5. The van der Waals surface area contributed by atoms with Gasteiger partial charge in [-0.25, -0.2) is 4.98 Å². The van der Waals surface area contributed by atoms with Gasteiger partial charge in [0.1, 0.15) is 0 Å². The first-order valence-electron chi connectivity index (χ1n) is 9.24. The minimum atomic E-state index is 0.650. The summed E-state index contributed by atoms with van der Waals surface area (Å²) in [6.45, 7) is 11.1. The van der Waals surface area contributed by atoms with Crippen LogP contribution in [0.15, 0.2) is 11.2 Å². The number of likely N-dealkylation sites (tertiary alicyclic amines) is 1. The minimum absolute atomic E-state index is 0.650. The number of hydrogen-bond acceptors (Lipinski definition) is 4. The number of hydrogen-bond donors (Lipinski definition) is 2. The van der Waals surface area contributed by atoms with Crippen molar-refractivity contribution in [3.05, 3.63) is 16.1 Å². The van der Waals surface area contributed by atoms with Crippen molar-refractivity contribution in [1.82, 2.24) is 20.5 Å². The molecule has 1 unspecified atom stereocenters. The quantitative estimate of drug-likeness (QED) is 0.585. The molecule has 1 aromatic rings. The Bertz CT molecular complexity index is 511. The maximum Gasteiger partial charge on any atom is 0.191 e. The first-order valence-corrected chi connectivity index (χ1v) is 10.1. The van der Waals surface area contributed by atoms with Gasteiger partial charge in [0.2, 0.25) is 0 Å². The second kappa shape index (κ2) is 9.99. The molecule has 1 fully saturated rings. The van der Waals surface area contributed by atoms with Crippen molar-refractivity contribution in [2.45, 2.75) is 52.5 Å². The highest BCUT2D eigenvalue weighted by molar-refractivity contribution is 7.11. The molecule has 136 valence electrons. The van der Waals surface area contributed by atoms with Crippen molar-refractivity contribution in [1.29, 1.82) is 0 Å². The molecule has 0 saturated carbocycles. The second-order valence-corrected chi connectivity index (χ2v) is 8.00. The van der Waals surface area contributed by atoms with E-state index in [-0.39, 0.29) is 0 Å². The van der Waals surface area contributed by atoms with Gasteiger partial charge < -0.3 is 15.5 Å². The Hall–Kier alpha value is -1.14. The van der Waals surface area contributed by atoms with E-state index in [1.54, 1.807) is 0 Å². The Morgan fingerprint density at radius 3 is 2.96 bits per heavy atom. The van der Waals surface area contributed by atoms with E-state index in [1.165, 1.54) is 35.8 Å². The molecular formula is C18H33N5S. The molecule has 1 aliphatic heterocycles. The highest BCUT2D eigenvalue weighted by atomic mass is 32.1. The van der Waals surface area contributed by atoms with Crippen LogP contribution < -0.4 is 10.6 Å². The molecule has 6 heteroatoms. The maximum absolute atomic E-state index is 4.47. The van der Waals surface area contributed by atoms with Crippen molar-refractivity contribution in [2.24, 2.45) is 10.9 Å². The molecule has 0 spiro atoms. The van der Waals surface area contributed by atoms with Crippen LogP contribution in [0.4, 0.5) is 0 Å². The van der Waals surface area contributed by atoms with Gasteiger partial charge in [-0.15, -0.1) is 11.3 Å². The third kappa shape index (κ3) is 6.06. The summed E-state index contributed by atoms with van der Waals surface area (Å²) in [5.41, 5.74) is 0. The summed E-state index contributed by atoms with van der Waals surface area (Å²) in [7, 11) is 1.84. The summed E-state index contributed by atoms with van der Waals surface area (Å²) in [5, 5.41) is 8.11. The lowest BCUT2D eigenvalue weighted by atomic mass is 9.97. The van der Waals surface area contributed by atoms with E-state index in [9.17, 15) is 0 Å².